The Morgan fingerprint density at radius 2 is 1.54 bits per heavy atom. The summed E-state index contributed by atoms with van der Waals surface area (Å²) in [6.07, 6.45) is 5.98. The van der Waals surface area contributed by atoms with Crippen LogP contribution in [0.25, 0.3) is 0 Å². The molecule has 1 saturated heterocycles. The van der Waals surface area contributed by atoms with Crippen molar-refractivity contribution < 1.29 is 10.2 Å². The summed E-state index contributed by atoms with van der Waals surface area (Å²) < 4.78 is 0. The topological polar surface area (TPSA) is 46.9 Å². The van der Waals surface area contributed by atoms with E-state index in [-0.39, 0.29) is 6.23 Å². The van der Waals surface area contributed by atoms with Gasteiger partial charge in [0.2, 0.25) is 0 Å². The predicted octanol–water partition coefficient (Wildman–Crippen LogP) is 2.93. The molecule has 1 aromatic rings. The highest BCUT2D eigenvalue weighted by Gasteiger charge is 2.29. The minimum atomic E-state index is -0.790. The average molecular weight is 332 g/mol. The molecule has 1 aromatic carbocycles. The maximum absolute atomic E-state index is 10.7. The lowest BCUT2D eigenvalue weighted by molar-refractivity contribution is -0.0527. The van der Waals surface area contributed by atoms with Gasteiger partial charge in [-0.05, 0) is 50.3 Å². The third kappa shape index (κ3) is 4.11. The van der Waals surface area contributed by atoms with Gasteiger partial charge >= 0.3 is 0 Å². The minimum absolute atomic E-state index is 0.259. The summed E-state index contributed by atoms with van der Waals surface area (Å²) in [6.45, 7) is 7.37. The van der Waals surface area contributed by atoms with Crippen molar-refractivity contribution in [2.75, 3.05) is 31.1 Å². The molecule has 1 aliphatic carbocycles. The van der Waals surface area contributed by atoms with E-state index < -0.39 is 5.60 Å². The van der Waals surface area contributed by atoms with E-state index in [1.54, 1.807) is 0 Å². The van der Waals surface area contributed by atoms with Crippen molar-refractivity contribution in [1.82, 2.24) is 4.90 Å². The zero-order valence-corrected chi connectivity index (χ0v) is 15.1. The number of hydrogen-bond donors (Lipinski definition) is 2. The van der Waals surface area contributed by atoms with Crippen molar-refractivity contribution in [2.24, 2.45) is 5.92 Å². The number of piperazine rings is 1. The van der Waals surface area contributed by atoms with Crippen LogP contribution in [0.2, 0.25) is 0 Å². The van der Waals surface area contributed by atoms with E-state index in [1.807, 2.05) is 26.0 Å². The molecule has 0 bridgehead atoms. The fraction of sp³-hybridized carbons (Fsp3) is 0.700. The van der Waals surface area contributed by atoms with E-state index in [0.717, 1.165) is 31.7 Å². The van der Waals surface area contributed by atoms with Gasteiger partial charge in [-0.1, -0.05) is 31.4 Å². The van der Waals surface area contributed by atoms with Crippen molar-refractivity contribution in [3.8, 4) is 0 Å². The summed E-state index contributed by atoms with van der Waals surface area (Å²) in [4.78, 5) is 4.63. The molecular formula is C20H32N2O2. The first-order valence-corrected chi connectivity index (χ1v) is 9.45. The van der Waals surface area contributed by atoms with E-state index in [2.05, 4.69) is 21.9 Å². The van der Waals surface area contributed by atoms with E-state index in [1.165, 1.54) is 37.8 Å². The number of benzene rings is 1. The molecule has 0 spiro atoms. The molecule has 1 atom stereocenters. The quantitative estimate of drug-likeness (QED) is 0.890. The van der Waals surface area contributed by atoms with Gasteiger partial charge in [0.05, 0.1) is 5.60 Å². The molecule has 0 radical (unpaired) electrons. The predicted molar refractivity (Wildman–Crippen MR) is 98.1 cm³/mol. The summed E-state index contributed by atoms with van der Waals surface area (Å²) in [5, 5.41) is 20.7. The number of aliphatic hydroxyl groups is 2. The van der Waals surface area contributed by atoms with E-state index in [4.69, 9.17) is 0 Å². The summed E-state index contributed by atoms with van der Waals surface area (Å²) >= 11 is 0. The molecule has 24 heavy (non-hydrogen) atoms. The highest BCUT2D eigenvalue weighted by molar-refractivity contribution is 5.48. The maximum atomic E-state index is 10.7. The SMILES string of the molecule is CC(C)(O)c1ccc(N2CCN(C(O)C3CCCCC3)CC2)cc1. The van der Waals surface area contributed by atoms with E-state index >= 15 is 0 Å². The first kappa shape index (κ1) is 17.7. The molecule has 3 rings (SSSR count). The monoisotopic (exact) mass is 332 g/mol. The van der Waals surface area contributed by atoms with Gasteiger partial charge in [0, 0.05) is 31.9 Å². The van der Waals surface area contributed by atoms with Crippen LogP contribution in [0.5, 0.6) is 0 Å². The smallest absolute Gasteiger partial charge is 0.110 e. The van der Waals surface area contributed by atoms with Gasteiger partial charge in [-0.25, -0.2) is 0 Å². The maximum Gasteiger partial charge on any atom is 0.110 e. The van der Waals surface area contributed by atoms with Crippen LogP contribution in [0.15, 0.2) is 24.3 Å². The molecule has 134 valence electrons. The Bertz CT molecular complexity index is 509. The second-order valence-corrected chi connectivity index (χ2v) is 7.94. The van der Waals surface area contributed by atoms with Crippen LogP contribution in [0.4, 0.5) is 5.69 Å². The summed E-state index contributed by atoms with van der Waals surface area (Å²) in [7, 11) is 0. The van der Waals surface area contributed by atoms with Crippen LogP contribution in [-0.4, -0.2) is 47.5 Å². The van der Waals surface area contributed by atoms with Gasteiger partial charge in [-0.3, -0.25) is 4.90 Å². The van der Waals surface area contributed by atoms with Crippen LogP contribution in [0, 0.1) is 5.92 Å². The van der Waals surface area contributed by atoms with Crippen molar-refractivity contribution in [3.05, 3.63) is 29.8 Å². The van der Waals surface area contributed by atoms with Gasteiger partial charge in [-0.2, -0.15) is 0 Å². The number of nitrogens with zero attached hydrogens (tertiary/aromatic N) is 2. The Morgan fingerprint density at radius 3 is 2.08 bits per heavy atom. The molecule has 2 N–H and O–H groups in total. The molecule has 1 heterocycles. The van der Waals surface area contributed by atoms with Crippen LogP contribution < -0.4 is 4.90 Å². The standard InChI is InChI=1S/C20H32N2O2/c1-20(2,24)17-8-10-18(11-9-17)21-12-14-22(15-13-21)19(23)16-6-4-3-5-7-16/h8-11,16,19,23-24H,3-7,12-15H2,1-2H3. The fourth-order valence-corrected chi connectivity index (χ4v) is 4.06. The van der Waals surface area contributed by atoms with E-state index in [0.29, 0.717) is 5.92 Å². The number of hydrogen-bond acceptors (Lipinski definition) is 4. The van der Waals surface area contributed by atoms with Crippen LogP contribution in [0.3, 0.4) is 0 Å². The van der Waals surface area contributed by atoms with Crippen molar-refractivity contribution in [2.45, 2.75) is 57.8 Å². The van der Waals surface area contributed by atoms with E-state index in [9.17, 15) is 10.2 Å². The van der Waals surface area contributed by atoms with Gasteiger partial charge in [0.1, 0.15) is 6.23 Å². The van der Waals surface area contributed by atoms with Crippen LogP contribution in [0.1, 0.15) is 51.5 Å². The lowest BCUT2D eigenvalue weighted by atomic mass is 9.87. The first-order valence-electron chi connectivity index (χ1n) is 9.45. The number of rotatable bonds is 4. The van der Waals surface area contributed by atoms with Gasteiger partial charge < -0.3 is 15.1 Å². The van der Waals surface area contributed by atoms with Crippen molar-refractivity contribution >= 4 is 5.69 Å². The van der Waals surface area contributed by atoms with Crippen LogP contribution >= 0.6 is 0 Å². The molecule has 1 unspecified atom stereocenters. The Balaban J connectivity index is 1.54. The zero-order chi connectivity index (χ0) is 17.2. The molecular weight excluding hydrogens is 300 g/mol. The summed E-state index contributed by atoms with van der Waals surface area (Å²) in [5.74, 6) is 0.469. The molecule has 1 aliphatic heterocycles. The second-order valence-electron chi connectivity index (χ2n) is 7.94. The highest BCUT2D eigenvalue weighted by Crippen LogP contribution is 2.29. The molecule has 1 saturated carbocycles. The molecule has 4 heteroatoms. The average Bonchev–Trinajstić information content (AvgIpc) is 2.61. The third-order valence-corrected chi connectivity index (χ3v) is 5.70. The Hall–Kier alpha value is -1.10. The van der Waals surface area contributed by atoms with Crippen molar-refractivity contribution in [1.29, 1.82) is 0 Å². The van der Waals surface area contributed by atoms with Crippen molar-refractivity contribution in [3.63, 3.8) is 0 Å². The third-order valence-electron chi connectivity index (χ3n) is 5.70. The number of anilines is 1. The molecule has 4 nitrogen and oxygen atoms in total. The Morgan fingerprint density at radius 1 is 0.958 bits per heavy atom. The van der Waals surface area contributed by atoms with Gasteiger partial charge in [0.25, 0.3) is 0 Å². The molecule has 0 amide bonds. The largest absolute Gasteiger partial charge is 0.386 e. The minimum Gasteiger partial charge on any atom is -0.386 e. The second kappa shape index (κ2) is 7.42. The molecule has 2 fully saturated rings. The summed E-state index contributed by atoms with van der Waals surface area (Å²) in [5.41, 5.74) is 1.36. The van der Waals surface area contributed by atoms with Gasteiger partial charge in [0.15, 0.2) is 0 Å². The van der Waals surface area contributed by atoms with Crippen LogP contribution in [-0.2, 0) is 5.60 Å². The highest BCUT2D eigenvalue weighted by atomic mass is 16.3. The first-order chi connectivity index (χ1) is 11.4. The summed E-state index contributed by atoms with van der Waals surface area (Å²) in [6, 6.07) is 8.22. The fourth-order valence-electron chi connectivity index (χ4n) is 4.06. The molecule has 2 aliphatic rings. The zero-order valence-electron chi connectivity index (χ0n) is 15.1. The lowest BCUT2D eigenvalue weighted by Crippen LogP contribution is -2.52. The molecule has 0 aromatic heterocycles. The Kier molecular flexibility index (Phi) is 5.48. The Labute approximate surface area is 146 Å². The normalized spacial score (nSPS) is 22.6. The number of aliphatic hydroxyl groups excluding tert-OH is 1. The lowest BCUT2D eigenvalue weighted by Gasteiger charge is -2.41. The van der Waals surface area contributed by atoms with Gasteiger partial charge in [-0.15, -0.1) is 0 Å².